The van der Waals surface area contributed by atoms with Crippen LogP contribution in [0.5, 0.6) is 0 Å². The molecule has 27 heavy (non-hydrogen) atoms. The van der Waals surface area contributed by atoms with Gasteiger partial charge in [-0.05, 0) is 46.6 Å². The van der Waals surface area contributed by atoms with Crippen molar-refractivity contribution in [3.05, 3.63) is 30.5 Å². The first-order valence-corrected chi connectivity index (χ1v) is 11.0. The van der Waals surface area contributed by atoms with Crippen molar-refractivity contribution in [1.82, 2.24) is 8.28 Å². The van der Waals surface area contributed by atoms with Gasteiger partial charge in [0.15, 0.2) is 0 Å². The van der Waals surface area contributed by atoms with Gasteiger partial charge >= 0.3 is 17.3 Å². The second kappa shape index (κ2) is 6.34. The Balaban J connectivity index is 1.81. The molecule has 0 unspecified atom stereocenters. The lowest BCUT2D eigenvalue weighted by atomic mass is 9.79. The third kappa shape index (κ3) is 3.03. The van der Waals surface area contributed by atoms with Gasteiger partial charge in [0.2, 0.25) is 0 Å². The standard InChI is InChI=1S/C19H27BN2O4S/c1-18(2)19(3,4)26-20(25-18)16-14-22(17-11-7-6-10-15(16)17)27(23,24)21-12-8-5-9-13-21/h6-7,10-11,14H,5,8-9,12-13H2,1-4H3. The molecule has 0 bridgehead atoms. The summed E-state index contributed by atoms with van der Waals surface area (Å²) in [5, 5.41) is 0.844. The predicted octanol–water partition coefficient (Wildman–Crippen LogP) is 2.52. The molecule has 0 aliphatic carbocycles. The van der Waals surface area contributed by atoms with Crippen LogP contribution in [0.25, 0.3) is 10.9 Å². The van der Waals surface area contributed by atoms with E-state index in [0.29, 0.717) is 18.6 Å². The number of rotatable bonds is 3. The minimum absolute atomic E-state index is 0.480. The lowest BCUT2D eigenvalue weighted by Gasteiger charge is -2.32. The lowest BCUT2D eigenvalue weighted by molar-refractivity contribution is 0.00578. The number of hydrogen-bond acceptors (Lipinski definition) is 4. The Kier molecular flexibility index (Phi) is 4.46. The average molecular weight is 390 g/mol. The summed E-state index contributed by atoms with van der Waals surface area (Å²) >= 11 is 0. The highest BCUT2D eigenvalue weighted by Crippen LogP contribution is 2.37. The van der Waals surface area contributed by atoms with Gasteiger partial charge in [-0.25, -0.2) is 3.97 Å². The number of hydrogen-bond donors (Lipinski definition) is 0. The maximum Gasteiger partial charge on any atom is 0.497 e. The number of nitrogens with zero attached hydrogens (tertiary/aromatic N) is 2. The van der Waals surface area contributed by atoms with Crippen LogP contribution < -0.4 is 5.46 Å². The largest absolute Gasteiger partial charge is 0.497 e. The SMILES string of the molecule is CC1(C)OB(c2cn(S(=O)(=O)N3CCCCC3)c3ccccc23)OC1(C)C. The average Bonchev–Trinajstić information content (AvgIpc) is 3.11. The zero-order valence-corrected chi connectivity index (χ0v) is 17.3. The maximum atomic E-state index is 13.3. The van der Waals surface area contributed by atoms with Gasteiger partial charge in [-0.1, -0.05) is 24.6 Å². The molecule has 0 radical (unpaired) electrons. The second-order valence-electron chi connectivity index (χ2n) is 8.45. The molecule has 146 valence electrons. The normalized spacial score (nSPS) is 23.2. The molecule has 2 saturated heterocycles. The van der Waals surface area contributed by atoms with Gasteiger partial charge in [0.25, 0.3) is 0 Å². The number of fused-ring (bicyclic) bond motifs is 1. The molecule has 1 aromatic carbocycles. The molecule has 1 aromatic heterocycles. The molecular weight excluding hydrogens is 363 g/mol. The first-order valence-electron chi connectivity index (χ1n) is 9.60. The van der Waals surface area contributed by atoms with E-state index in [4.69, 9.17) is 9.31 Å². The van der Waals surface area contributed by atoms with E-state index < -0.39 is 28.5 Å². The summed E-state index contributed by atoms with van der Waals surface area (Å²) in [5.74, 6) is 0. The van der Waals surface area contributed by atoms with Crippen molar-refractivity contribution in [3.63, 3.8) is 0 Å². The molecule has 2 aliphatic rings. The fourth-order valence-electron chi connectivity index (χ4n) is 3.74. The van der Waals surface area contributed by atoms with Crippen LogP contribution in [0.1, 0.15) is 47.0 Å². The third-order valence-corrected chi connectivity index (χ3v) is 7.92. The third-order valence-electron chi connectivity index (χ3n) is 6.11. The molecule has 2 aliphatic heterocycles. The van der Waals surface area contributed by atoms with Crippen LogP contribution in [0, 0.1) is 0 Å². The Morgan fingerprint density at radius 2 is 1.56 bits per heavy atom. The van der Waals surface area contributed by atoms with Crippen molar-refractivity contribution >= 4 is 33.7 Å². The molecule has 6 nitrogen and oxygen atoms in total. The first-order chi connectivity index (χ1) is 12.6. The summed E-state index contributed by atoms with van der Waals surface area (Å²) in [4.78, 5) is 0. The van der Waals surface area contributed by atoms with Gasteiger partial charge in [-0.2, -0.15) is 12.7 Å². The molecule has 2 aromatic rings. The monoisotopic (exact) mass is 390 g/mol. The van der Waals surface area contributed by atoms with Crippen molar-refractivity contribution in [3.8, 4) is 0 Å². The minimum atomic E-state index is -3.62. The first kappa shape index (κ1) is 19.0. The van der Waals surface area contributed by atoms with Gasteiger partial charge in [0.05, 0.1) is 16.7 Å². The highest BCUT2D eigenvalue weighted by Gasteiger charge is 2.52. The second-order valence-corrected chi connectivity index (χ2v) is 10.3. The predicted molar refractivity (Wildman–Crippen MR) is 107 cm³/mol. The number of para-hydroxylation sites is 1. The number of piperidine rings is 1. The van der Waals surface area contributed by atoms with Crippen molar-refractivity contribution in [2.45, 2.75) is 58.2 Å². The highest BCUT2D eigenvalue weighted by atomic mass is 32.2. The fourth-order valence-corrected chi connectivity index (χ4v) is 5.37. The summed E-state index contributed by atoms with van der Waals surface area (Å²) in [5.41, 5.74) is 0.455. The van der Waals surface area contributed by atoms with Crippen LogP contribution in [0.15, 0.2) is 30.5 Å². The molecule has 0 N–H and O–H groups in total. The summed E-state index contributed by atoms with van der Waals surface area (Å²) in [7, 11) is -4.22. The Labute approximate surface area is 161 Å². The molecule has 0 amide bonds. The topological polar surface area (TPSA) is 60.8 Å². The Morgan fingerprint density at radius 3 is 2.19 bits per heavy atom. The van der Waals surface area contributed by atoms with Crippen LogP contribution in [0.3, 0.4) is 0 Å². The molecule has 8 heteroatoms. The Bertz CT molecular complexity index is 945. The Hall–Kier alpha value is -1.35. The highest BCUT2D eigenvalue weighted by molar-refractivity contribution is 7.87. The van der Waals surface area contributed by atoms with Gasteiger partial charge in [0, 0.05) is 30.1 Å². The van der Waals surface area contributed by atoms with E-state index in [-0.39, 0.29) is 0 Å². The summed E-state index contributed by atoms with van der Waals surface area (Å²) in [6, 6.07) is 7.54. The summed E-state index contributed by atoms with van der Waals surface area (Å²) < 4.78 is 41.9. The molecule has 3 heterocycles. The van der Waals surface area contributed by atoms with Gasteiger partial charge < -0.3 is 9.31 Å². The number of benzene rings is 1. The van der Waals surface area contributed by atoms with Crippen molar-refractivity contribution in [1.29, 1.82) is 0 Å². The summed E-state index contributed by atoms with van der Waals surface area (Å²) in [6.45, 7) is 9.13. The summed E-state index contributed by atoms with van der Waals surface area (Å²) in [6.07, 6.45) is 4.57. The van der Waals surface area contributed by atoms with E-state index in [1.165, 1.54) is 3.97 Å². The molecule has 0 spiro atoms. The molecule has 4 rings (SSSR count). The quantitative estimate of drug-likeness (QED) is 0.756. The molecule has 2 fully saturated rings. The van der Waals surface area contributed by atoms with Crippen LogP contribution >= 0.6 is 0 Å². The lowest BCUT2D eigenvalue weighted by Crippen LogP contribution is -2.41. The maximum absolute atomic E-state index is 13.3. The van der Waals surface area contributed by atoms with Crippen LogP contribution in [-0.4, -0.2) is 48.1 Å². The molecule has 0 saturated carbocycles. The zero-order valence-electron chi connectivity index (χ0n) is 16.4. The van der Waals surface area contributed by atoms with Crippen LogP contribution in [0.2, 0.25) is 0 Å². The van der Waals surface area contributed by atoms with Gasteiger partial charge in [-0.15, -0.1) is 0 Å². The van der Waals surface area contributed by atoms with E-state index in [2.05, 4.69) is 0 Å². The Morgan fingerprint density at radius 1 is 0.963 bits per heavy atom. The smallest absolute Gasteiger partial charge is 0.399 e. The van der Waals surface area contributed by atoms with Gasteiger partial charge in [-0.3, -0.25) is 0 Å². The van der Waals surface area contributed by atoms with Crippen molar-refractivity contribution in [2.24, 2.45) is 0 Å². The van der Waals surface area contributed by atoms with Crippen LogP contribution in [0.4, 0.5) is 0 Å². The van der Waals surface area contributed by atoms with E-state index in [1.54, 1.807) is 10.5 Å². The molecular formula is C19H27BN2O4S. The van der Waals surface area contributed by atoms with E-state index in [0.717, 1.165) is 30.1 Å². The van der Waals surface area contributed by atoms with Gasteiger partial charge in [0.1, 0.15) is 0 Å². The van der Waals surface area contributed by atoms with Crippen molar-refractivity contribution in [2.75, 3.05) is 13.1 Å². The molecule has 0 atom stereocenters. The minimum Gasteiger partial charge on any atom is -0.399 e. The van der Waals surface area contributed by atoms with E-state index in [1.807, 2.05) is 52.0 Å². The zero-order chi connectivity index (χ0) is 19.4. The van der Waals surface area contributed by atoms with Crippen LogP contribution in [-0.2, 0) is 19.5 Å². The number of aromatic nitrogens is 1. The van der Waals surface area contributed by atoms with Crippen molar-refractivity contribution < 1.29 is 17.7 Å². The van der Waals surface area contributed by atoms with E-state index in [9.17, 15) is 8.42 Å². The van der Waals surface area contributed by atoms with E-state index >= 15 is 0 Å². The fraction of sp³-hybridized carbons (Fsp3) is 0.579.